The van der Waals surface area contributed by atoms with E-state index in [1.807, 2.05) is 13.0 Å². The van der Waals surface area contributed by atoms with E-state index in [0.717, 1.165) is 58.9 Å². The van der Waals surface area contributed by atoms with Crippen LogP contribution in [0.4, 0.5) is 0 Å². The number of likely N-dealkylation sites (N-methyl/N-ethyl adjacent to an activating group) is 1. The van der Waals surface area contributed by atoms with Gasteiger partial charge in [0.15, 0.2) is 5.78 Å². The number of hydrogen-bond acceptors (Lipinski definition) is 5. The van der Waals surface area contributed by atoms with E-state index in [-0.39, 0.29) is 34.4 Å². The third-order valence-electron chi connectivity index (χ3n) is 15.0. The Kier molecular flexibility index (Phi) is 7.04. The standard InChI is InChI=1S/C43H56N2O5/c1-22(2)34-37(49)32-31-24(27-21-39(3,4)50-40(5,6)33(27)36(31)48)20-25-26-19-23-14-15-28-41(7,17-12-13-30(47)44(10)11)29(46)16-18-42(28,8)43(23,9)38(26)45(34)35(25)32/h12-13,20-21,23,28-29,33-34,36,46,48H,1,14-19H2,2-11H3/b13-12+/t23?,28-,29-,33?,34-,36+,41-,42-,43+/m0/s1. The lowest BCUT2D eigenvalue weighted by Gasteiger charge is -2.65. The zero-order valence-corrected chi connectivity index (χ0v) is 31.7. The second-order valence-electron chi connectivity index (χ2n) is 18.8. The van der Waals surface area contributed by atoms with Gasteiger partial charge in [0.05, 0.1) is 34.5 Å². The summed E-state index contributed by atoms with van der Waals surface area (Å²) >= 11 is 0. The second kappa shape index (κ2) is 10.3. The lowest BCUT2D eigenvalue weighted by Crippen LogP contribution is -2.62. The fraction of sp³-hybridized carbons (Fsp3) is 0.628. The summed E-state index contributed by atoms with van der Waals surface area (Å²) in [5.41, 5.74) is 6.01. The third-order valence-corrected chi connectivity index (χ3v) is 15.0. The normalized spacial score (nSPS) is 38.8. The molecule has 2 aromatic rings. The van der Waals surface area contributed by atoms with Crippen LogP contribution in [-0.2, 0) is 21.4 Å². The predicted octanol–water partition coefficient (Wildman–Crippen LogP) is 7.63. The number of Topliss-reactive ketones (excluding diaryl/α,β-unsaturated/α-hetero) is 1. The quantitative estimate of drug-likeness (QED) is 0.256. The number of benzene rings is 1. The van der Waals surface area contributed by atoms with Crippen LogP contribution in [0.2, 0.25) is 0 Å². The summed E-state index contributed by atoms with van der Waals surface area (Å²) in [5.74, 6) is 0.361. The first-order valence-corrected chi connectivity index (χ1v) is 18.8. The minimum Gasteiger partial charge on any atom is -0.393 e. The van der Waals surface area contributed by atoms with Gasteiger partial charge < -0.3 is 24.4 Å². The Morgan fingerprint density at radius 2 is 1.80 bits per heavy atom. The summed E-state index contributed by atoms with van der Waals surface area (Å²) in [6, 6.07) is 1.79. The number of ether oxygens (including phenoxy) is 1. The number of carbonyl (C=O) groups excluding carboxylic acids is 2. The molecule has 3 heterocycles. The number of amides is 1. The molecule has 2 aliphatic heterocycles. The highest BCUT2D eigenvalue weighted by Gasteiger charge is 2.68. The Morgan fingerprint density at radius 1 is 1.10 bits per heavy atom. The number of ketones is 1. The number of aliphatic hydroxyl groups excluding tert-OH is 2. The van der Waals surface area contributed by atoms with Crippen LogP contribution in [-0.4, -0.2) is 62.8 Å². The Bertz CT molecular complexity index is 1960. The maximum Gasteiger partial charge on any atom is 0.245 e. The Labute approximate surface area is 297 Å². The number of fused-ring (bicyclic) bond motifs is 11. The number of aromatic nitrogens is 1. The fourth-order valence-corrected chi connectivity index (χ4v) is 12.8. The molecular formula is C43H56N2O5. The number of aliphatic hydroxyl groups is 2. The van der Waals surface area contributed by atoms with Gasteiger partial charge in [-0.2, -0.15) is 0 Å². The van der Waals surface area contributed by atoms with Gasteiger partial charge in [-0.25, -0.2) is 0 Å². The van der Waals surface area contributed by atoms with Crippen molar-refractivity contribution in [2.75, 3.05) is 14.1 Å². The minimum absolute atomic E-state index is 0.0394. The molecule has 9 atom stereocenters. The summed E-state index contributed by atoms with van der Waals surface area (Å²) < 4.78 is 8.90. The molecule has 0 spiro atoms. The predicted molar refractivity (Wildman–Crippen MR) is 197 cm³/mol. The van der Waals surface area contributed by atoms with E-state index in [9.17, 15) is 19.8 Å². The average molecular weight is 681 g/mol. The van der Waals surface area contributed by atoms with Crippen molar-refractivity contribution in [3.63, 3.8) is 0 Å². The van der Waals surface area contributed by atoms with Crippen LogP contribution in [0.5, 0.6) is 0 Å². The van der Waals surface area contributed by atoms with Crippen molar-refractivity contribution in [3.05, 3.63) is 64.4 Å². The van der Waals surface area contributed by atoms with E-state index in [2.05, 4.69) is 71.8 Å². The van der Waals surface area contributed by atoms with Crippen LogP contribution in [0.3, 0.4) is 0 Å². The van der Waals surface area contributed by atoms with Crippen LogP contribution >= 0.6 is 0 Å². The number of nitrogens with zero attached hydrogens (tertiary/aromatic N) is 2. The summed E-state index contributed by atoms with van der Waals surface area (Å²) in [7, 11) is 3.52. The molecular weight excluding hydrogens is 624 g/mol. The van der Waals surface area contributed by atoms with Crippen molar-refractivity contribution >= 4 is 28.2 Å². The number of carbonyl (C=O) groups is 2. The van der Waals surface area contributed by atoms with Crippen molar-refractivity contribution < 1.29 is 24.5 Å². The van der Waals surface area contributed by atoms with Crippen molar-refractivity contribution in [1.29, 1.82) is 0 Å². The monoisotopic (exact) mass is 680 g/mol. The molecule has 2 N–H and O–H groups in total. The SMILES string of the molecule is C=C(C)[C@H]1C(=O)c2c3c(cc4c5c(n1c24)[C@@]1(C)C(CC[C@H]2[C@](C)(C/C=C/C(=O)N(C)C)[C@@H](O)CC[C@@]21C)C5)C1=CC(C)(C)OC(C)(C)C1[C@@H]3O. The van der Waals surface area contributed by atoms with E-state index in [4.69, 9.17) is 4.74 Å². The molecule has 2 unspecified atom stereocenters. The van der Waals surface area contributed by atoms with Gasteiger partial charge in [-0.3, -0.25) is 9.59 Å². The van der Waals surface area contributed by atoms with E-state index < -0.39 is 34.9 Å². The summed E-state index contributed by atoms with van der Waals surface area (Å²) in [6.07, 6.45) is 9.76. The highest BCUT2D eigenvalue weighted by atomic mass is 16.5. The fourth-order valence-electron chi connectivity index (χ4n) is 12.8. The van der Waals surface area contributed by atoms with E-state index in [1.165, 1.54) is 11.3 Å². The van der Waals surface area contributed by atoms with Gasteiger partial charge in [0.2, 0.25) is 5.91 Å². The van der Waals surface area contributed by atoms with Gasteiger partial charge in [0.25, 0.3) is 0 Å². The summed E-state index contributed by atoms with van der Waals surface area (Å²) in [6.45, 7) is 21.8. The van der Waals surface area contributed by atoms with Gasteiger partial charge in [-0.15, -0.1) is 0 Å². The van der Waals surface area contributed by atoms with Crippen LogP contribution in [0, 0.1) is 28.6 Å². The summed E-state index contributed by atoms with van der Waals surface area (Å²) in [5, 5.41) is 25.0. The van der Waals surface area contributed by atoms with Crippen molar-refractivity contribution in [3.8, 4) is 0 Å². The van der Waals surface area contributed by atoms with Crippen LogP contribution in [0.1, 0.15) is 132 Å². The first-order chi connectivity index (χ1) is 23.2. The largest absolute Gasteiger partial charge is 0.393 e. The molecule has 0 bridgehead atoms. The molecule has 0 radical (unpaired) electrons. The van der Waals surface area contributed by atoms with Gasteiger partial charge in [0, 0.05) is 47.5 Å². The zero-order chi connectivity index (χ0) is 36.2. The molecule has 0 saturated heterocycles. The van der Waals surface area contributed by atoms with Crippen molar-refractivity contribution in [1.82, 2.24) is 9.47 Å². The van der Waals surface area contributed by atoms with E-state index >= 15 is 0 Å². The molecule has 7 nitrogen and oxygen atoms in total. The molecule has 8 rings (SSSR count). The van der Waals surface area contributed by atoms with Gasteiger partial charge >= 0.3 is 0 Å². The number of rotatable bonds is 4. The molecule has 6 aliphatic rings. The molecule has 4 aliphatic carbocycles. The maximum absolute atomic E-state index is 14.9. The van der Waals surface area contributed by atoms with Crippen LogP contribution in [0.15, 0.2) is 36.4 Å². The molecule has 1 aromatic heterocycles. The number of hydrogen-bond donors (Lipinski definition) is 2. The van der Waals surface area contributed by atoms with E-state index in [0.29, 0.717) is 24.3 Å². The van der Waals surface area contributed by atoms with E-state index in [1.54, 1.807) is 25.1 Å². The maximum atomic E-state index is 14.9. The molecule has 2 saturated carbocycles. The molecule has 2 fully saturated rings. The molecule has 1 aromatic carbocycles. The van der Waals surface area contributed by atoms with Gasteiger partial charge in [0.1, 0.15) is 6.04 Å². The van der Waals surface area contributed by atoms with Crippen LogP contribution < -0.4 is 0 Å². The first kappa shape index (κ1) is 34.1. The van der Waals surface area contributed by atoms with Gasteiger partial charge in [-0.1, -0.05) is 39.0 Å². The lowest BCUT2D eigenvalue weighted by molar-refractivity contribution is -0.163. The average Bonchev–Trinajstić information content (AvgIpc) is 3.67. The second-order valence-corrected chi connectivity index (χ2v) is 18.8. The van der Waals surface area contributed by atoms with Crippen molar-refractivity contribution in [2.45, 2.75) is 129 Å². The van der Waals surface area contributed by atoms with Crippen molar-refractivity contribution in [2.24, 2.45) is 28.6 Å². The Balaban J connectivity index is 1.34. The Hall–Kier alpha value is -3.00. The topological polar surface area (TPSA) is 92.0 Å². The smallest absolute Gasteiger partial charge is 0.245 e. The zero-order valence-electron chi connectivity index (χ0n) is 31.7. The summed E-state index contributed by atoms with van der Waals surface area (Å²) in [4.78, 5) is 28.9. The molecule has 7 heteroatoms. The highest BCUT2D eigenvalue weighted by Crippen LogP contribution is 2.72. The molecule has 268 valence electrons. The molecule has 50 heavy (non-hydrogen) atoms. The minimum atomic E-state index is -0.847. The Morgan fingerprint density at radius 3 is 2.46 bits per heavy atom. The lowest BCUT2D eigenvalue weighted by atomic mass is 9.40. The molecule has 1 amide bonds. The third kappa shape index (κ3) is 4.03. The van der Waals surface area contributed by atoms with Gasteiger partial charge in [-0.05, 0) is 125 Å². The highest BCUT2D eigenvalue weighted by molar-refractivity contribution is 6.18. The number of allylic oxidation sites excluding steroid dienone is 2. The first-order valence-electron chi connectivity index (χ1n) is 18.8. The van der Waals surface area contributed by atoms with Crippen LogP contribution in [0.25, 0.3) is 16.5 Å².